The molecule has 1 aromatic carbocycles. The van der Waals surface area contributed by atoms with Gasteiger partial charge in [0, 0.05) is 13.1 Å². The Kier molecular flexibility index (Phi) is 9.82. The normalized spacial score (nSPS) is 12.3. The highest BCUT2D eigenvalue weighted by Crippen LogP contribution is 2.12. The maximum Gasteiger partial charge on any atom is 0.410 e. The highest BCUT2D eigenvalue weighted by Gasteiger charge is 2.27. The summed E-state index contributed by atoms with van der Waals surface area (Å²) in [6, 6.07) is 9.43. The lowest BCUT2D eigenvalue weighted by Crippen LogP contribution is -2.54. The fourth-order valence-corrected chi connectivity index (χ4v) is 2.77. The fourth-order valence-electron chi connectivity index (χ4n) is 2.77. The summed E-state index contributed by atoms with van der Waals surface area (Å²) < 4.78 is 5.43. The lowest BCUT2D eigenvalue weighted by atomic mass is 10.0. The molecule has 0 saturated carbocycles. The minimum atomic E-state index is -0.669. The van der Waals surface area contributed by atoms with Crippen molar-refractivity contribution in [3.05, 3.63) is 35.9 Å². The molecule has 0 aliphatic carbocycles. The van der Waals surface area contributed by atoms with Gasteiger partial charge in [-0.3, -0.25) is 4.79 Å². The Morgan fingerprint density at radius 3 is 2.52 bits per heavy atom. The molecule has 7 nitrogen and oxygen atoms in total. The molecular formula is C20H33N3O4. The number of carbonyl (C=O) groups excluding carboxylic acids is 2. The maximum atomic E-state index is 12.6. The van der Waals surface area contributed by atoms with Crippen LogP contribution in [0.3, 0.4) is 0 Å². The van der Waals surface area contributed by atoms with Gasteiger partial charge in [-0.05, 0) is 32.3 Å². The molecule has 4 N–H and O–H groups in total. The standard InChI is InChI=1S/C20H33N3O4/c1-4-8-17(24)11-12-23(15-20(2,3)22-18(25)13-21)19(26)27-14-16-9-6-5-7-10-16/h5-7,9-10,17,24H,4,8,11-15,21H2,1-3H3,(H,22,25)/t17-/m0/s1. The summed E-state index contributed by atoms with van der Waals surface area (Å²) >= 11 is 0. The van der Waals surface area contributed by atoms with Gasteiger partial charge in [0.25, 0.3) is 0 Å². The second-order valence-corrected chi connectivity index (χ2v) is 7.33. The van der Waals surface area contributed by atoms with E-state index in [1.54, 1.807) is 0 Å². The average Bonchev–Trinajstić information content (AvgIpc) is 2.63. The summed E-state index contributed by atoms with van der Waals surface area (Å²) in [6.07, 6.45) is 1.06. The number of nitrogens with two attached hydrogens (primary N) is 1. The number of amides is 2. The molecule has 0 unspecified atom stereocenters. The number of hydrogen-bond acceptors (Lipinski definition) is 5. The van der Waals surface area contributed by atoms with Crippen molar-refractivity contribution in [2.45, 2.75) is 58.3 Å². The van der Waals surface area contributed by atoms with Gasteiger partial charge in [-0.1, -0.05) is 43.7 Å². The van der Waals surface area contributed by atoms with E-state index >= 15 is 0 Å². The Morgan fingerprint density at radius 1 is 1.26 bits per heavy atom. The predicted molar refractivity (Wildman–Crippen MR) is 105 cm³/mol. The van der Waals surface area contributed by atoms with Gasteiger partial charge in [0.05, 0.1) is 18.2 Å². The lowest BCUT2D eigenvalue weighted by molar-refractivity contribution is -0.121. The molecular weight excluding hydrogens is 346 g/mol. The number of aliphatic hydroxyl groups excluding tert-OH is 1. The van der Waals surface area contributed by atoms with Crippen molar-refractivity contribution >= 4 is 12.0 Å². The molecule has 7 heteroatoms. The Hall–Kier alpha value is -2.12. The van der Waals surface area contributed by atoms with Crippen LogP contribution in [0.2, 0.25) is 0 Å². The van der Waals surface area contributed by atoms with Crippen molar-refractivity contribution in [2.75, 3.05) is 19.6 Å². The van der Waals surface area contributed by atoms with E-state index < -0.39 is 17.7 Å². The van der Waals surface area contributed by atoms with Gasteiger partial charge in [-0.2, -0.15) is 0 Å². The Bertz CT molecular complexity index is 578. The van der Waals surface area contributed by atoms with E-state index in [0.717, 1.165) is 12.0 Å². The third kappa shape index (κ3) is 9.40. The minimum absolute atomic E-state index is 0.114. The number of nitrogens with one attached hydrogen (secondary N) is 1. The van der Waals surface area contributed by atoms with Crippen LogP contribution in [0.5, 0.6) is 0 Å². The van der Waals surface area contributed by atoms with Crippen molar-refractivity contribution in [3.8, 4) is 0 Å². The third-order valence-electron chi connectivity index (χ3n) is 4.07. The number of nitrogens with zero attached hydrogens (tertiary/aromatic N) is 1. The predicted octanol–water partition coefficient (Wildman–Crippen LogP) is 2.03. The van der Waals surface area contributed by atoms with E-state index in [4.69, 9.17) is 10.5 Å². The van der Waals surface area contributed by atoms with Gasteiger partial charge in [-0.25, -0.2) is 4.79 Å². The van der Waals surface area contributed by atoms with Crippen molar-refractivity contribution in [2.24, 2.45) is 5.73 Å². The summed E-state index contributed by atoms with van der Waals surface area (Å²) in [6.45, 7) is 6.30. The van der Waals surface area contributed by atoms with E-state index in [0.29, 0.717) is 19.4 Å². The van der Waals surface area contributed by atoms with Gasteiger partial charge < -0.3 is 25.8 Å². The third-order valence-corrected chi connectivity index (χ3v) is 4.07. The zero-order valence-corrected chi connectivity index (χ0v) is 16.6. The molecule has 0 saturated heterocycles. The molecule has 0 aliphatic rings. The smallest absolute Gasteiger partial charge is 0.410 e. The van der Waals surface area contributed by atoms with Crippen LogP contribution in [0.15, 0.2) is 30.3 Å². The van der Waals surface area contributed by atoms with E-state index in [1.165, 1.54) is 4.90 Å². The monoisotopic (exact) mass is 379 g/mol. The molecule has 0 aliphatic heterocycles. The van der Waals surface area contributed by atoms with Crippen LogP contribution < -0.4 is 11.1 Å². The quantitative estimate of drug-likeness (QED) is 0.546. The molecule has 0 fully saturated rings. The molecule has 27 heavy (non-hydrogen) atoms. The van der Waals surface area contributed by atoms with Crippen LogP contribution in [-0.2, 0) is 16.1 Å². The average molecular weight is 380 g/mol. The van der Waals surface area contributed by atoms with E-state index in [9.17, 15) is 14.7 Å². The largest absolute Gasteiger partial charge is 0.445 e. The summed E-state index contributed by atoms with van der Waals surface area (Å²) in [5, 5.41) is 12.8. The number of carbonyl (C=O) groups is 2. The number of ether oxygens (including phenoxy) is 1. The van der Waals surface area contributed by atoms with E-state index in [-0.39, 0.29) is 25.6 Å². The highest BCUT2D eigenvalue weighted by molar-refractivity contribution is 5.78. The van der Waals surface area contributed by atoms with Crippen LogP contribution in [0, 0.1) is 0 Å². The molecule has 0 bridgehead atoms. The van der Waals surface area contributed by atoms with Crippen LogP contribution in [-0.4, -0.2) is 53.3 Å². The molecule has 1 rings (SSSR count). The van der Waals surface area contributed by atoms with Crippen molar-refractivity contribution in [1.29, 1.82) is 0 Å². The van der Waals surface area contributed by atoms with Crippen LogP contribution in [0.1, 0.15) is 45.6 Å². The van der Waals surface area contributed by atoms with Crippen LogP contribution in [0.25, 0.3) is 0 Å². The van der Waals surface area contributed by atoms with Crippen LogP contribution in [0.4, 0.5) is 4.79 Å². The molecule has 152 valence electrons. The van der Waals surface area contributed by atoms with Crippen molar-refractivity contribution in [1.82, 2.24) is 10.2 Å². The first-order valence-electron chi connectivity index (χ1n) is 9.42. The zero-order chi connectivity index (χ0) is 20.3. The van der Waals surface area contributed by atoms with Gasteiger partial charge in [-0.15, -0.1) is 0 Å². The highest BCUT2D eigenvalue weighted by atomic mass is 16.6. The molecule has 1 aromatic rings. The molecule has 0 aromatic heterocycles. The molecule has 0 radical (unpaired) electrons. The number of rotatable bonds is 11. The summed E-state index contributed by atoms with van der Waals surface area (Å²) in [4.78, 5) is 25.8. The lowest BCUT2D eigenvalue weighted by Gasteiger charge is -2.33. The van der Waals surface area contributed by atoms with Gasteiger partial charge in [0.15, 0.2) is 0 Å². The Balaban J connectivity index is 2.72. The van der Waals surface area contributed by atoms with Gasteiger partial charge in [0.1, 0.15) is 6.61 Å². The zero-order valence-electron chi connectivity index (χ0n) is 16.6. The molecule has 0 heterocycles. The van der Waals surface area contributed by atoms with Crippen molar-refractivity contribution in [3.63, 3.8) is 0 Å². The number of benzene rings is 1. The first-order valence-corrected chi connectivity index (χ1v) is 9.42. The number of hydrogen-bond donors (Lipinski definition) is 3. The summed E-state index contributed by atoms with van der Waals surface area (Å²) in [5.41, 5.74) is 5.59. The first kappa shape index (κ1) is 22.9. The SMILES string of the molecule is CCC[C@H](O)CCN(CC(C)(C)NC(=O)CN)C(=O)OCc1ccccc1. The second kappa shape index (κ2) is 11.6. The second-order valence-electron chi connectivity index (χ2n) is 7.33. The minimum Gasteiger partial charge on any atom is -0.445 e. The first-order chi connectivity index (χ1) is 12.8. The Morgan fingerprint density at radius 2 is 1.93 bits per heavy atom. The Labute approximate surface area is 161 Å². The van der Waals surface area contributed by atoms with Gasteiger partial charge in [0.2, 0.25) is 5.91 Å². The maximum absolute atomic E-state index is 12.6. The molecule has 2 amide bonds. The summed E-state index contributed by atoms with van der Waals surface area (Å²) in [7, 11) is 0. The van der Waals surface area contributed by atoms with Crippen LogP contribution >= 0.6 is 0 Å². The van der Waals surface area contributed by atoms with E-state index in [1.807, 2.05) is 51.1 Å². The topological polar surface area (TPSA) is 105 Å². The molecule has 1 atom stereocenters. The fraction of sp³-hybridized carbons (Fsp3) is 0.600. The van der Waals surface area contributed by atoms with Crippen molar-refractivity contribution < 1.29 is 19.4 Å². The van der Waals surface area contributed by atoms with Gasteiger partial charge >= 0.3 is 6.09 Å². The number of aliphatic hydroxyl groups is 1. The summed E-state index contributed by atoms with van der Waals surface area (Å²) in [5.74, 6) is -0.288. The molecule has 0 spiro atoms. The van der Waals surface area contributed by atoms with E-state index in [2.05, 4.69) is 5.32 Å².